The fraction of sp³-hybridized carbons (Fsp3) is 0.630. The molecule has 0 aromatic heterocycles. The molecule has 4 atom stereocenters. The summed E-state index contributed by atoms with van der Waals surface area (Å²) in [6.07, 6.45) is 8.50. The average molecular weight is 469 g/mol. The Bertz CT molecular complexity index is 954. The number of benzene rings is 2. The fourth-order valence-corrected chi connectivity index (χ4v) is 6.22. The molecule has 2 saturated carbocycles. The van der Waals surface area contributed by atoms with Crippen LogP contribution in [-0.4, -0.2) is 6.36 Å². The van der Waals surface area contributed by atoms with Gasteiger partial charge in [0.05, 0.1) is 5.39 Å². The maximum atomic E-state index is 14.9. The van der Waals surface area contributed by atoms with Crippen molar-refractivity contribution in [3.05, 3.63) is 41.5 Å². The first-order chi connectivity index (χ1) is 15.7. The quantitative estimate of drug-likeness (QED) is 0.291. The Balaban J connectivity index is 1.44. The zero-order valence-electron chi connectivity index (χ0n) is 19.2. The van der Waals surface area contributed by atoms with Gasteiger partial charge in [0.25, 0.3) is 0 Å². The van der Waals surface area contributed by atoms with E-state index in [1.165, 1.54) is 63.5 Å². The van der Waals surface area contributed by atoms with E-state index in [1.54, 1.807) is 6.07 Å². The highest BCUT2D eigenvalue weighted by Gasteiger charge is 2.36. The number of alkyl halides is 3. The topological polar surface area (TPSA) is 9.23 Å². The van der Waals surface area contributed by atoms with Gasteiger partial charge in [0.2, 0.25) is 0 Å². The molecular formula is C27H33F5O. The molecule has 2 unspecified atom stereocenters. The molecule has 0 bridgehead atoms. The molecular weight excluding hydrogens is 435 g/mol. The van der Waals surface area contributed by atoms with E-state index < -0.39 is 29.1 Å². The van der Waals surface area contributed by atoms with E-state index in [0.717, 1.165) is 42.7 Å². The van der Waals surface area contributed by atoms with Crippen LogP contribution in [-0.2, 0) is 0 Å². The Morgan fingerprint density at radius 3 is 2.42 bits per heavy atom. The lowest BCUT2D eigenvalue weighted by molar-refractivity contribution is -0.275. The van der Waals surface area contributed by atoms with Gasteiger partial charge in [0, 0.05) is 0 Å². The molecule has 0 amide bonds. The highest BCUT2D eigenvalue weighted by atomic mass is 19.4. The predicted molar refractivity (Wildman–Crippen MR) is 120 cm³/mol. The molecule has 2 aromatic rings. The molecule has 4 rings (SSSR count). The predicted octanol–water partition coefficient (Wildman–Crippen LogP) is 9.29. The van der Waals surface area contributed by atoms with Gasteiger partial charge >= 0.3 is 6.36 Å². The van der Waals surface area contributed by atoms with Crippen molar-refractivity contribution in [1.29, 1.82) is 0 Å². The van der Waals surface area contributed by atoms with Gasteiger partial charge in [0.15, 0.2) is 11.6 Å². The second kappa shape index (κ2) is 10.2. The molecule has 0 radical (unpaired) electrons. The van der Waals surface area contributed by atoms with Crippen LogP contribution >= 0.6 is 0 Å². The highest BCUT2D eigenvalue weighted by molar-refractivity contribution is 5.86. The molecule has 2 aromatic carbocycles. The molecule has 1 nitrogen and oxygen atoms in total. The van der Waals surface area contributed by atoms with E-state index in [1.807, 2.05) is 0 Å². The SMILES string of the molecule is CCCCCC[C@@H]1CC[C@@H]2CC(c3cc(F)c4c(F)c(OC(F)(F)F)ccc4c3)CCC2C1. The summed E-state index contributed by atoms with van der Waals surface area (Å²) in [4.78, 5) is 0. The summed E-state index contributed by atoms with van der Waals surface area (Å²) in [5.74, 6) is -0.701. The third kappa shape index (κ3) is 5.81. The van der Waals surface area contributed by atoms with E-state index in [2.05, 4.69) is 11.7 Å². The summed E-state index contributed by atoms with van der Waals surface area (Å²) in [6.45, 7) is 2.24. The van der Waals surface area contributed by atoms with Gasteiger partial charge in [-0.25, -0.2) is 8.78 Å². The molecule has 2 fully saturated rings. The zero-order chi connectivity index (χ0) is 23.6. The standard InChI is InChI=1S/C27H33F5O/c1-2-3-4-5-6-17-7-8-19-14-20(10-9-18(19)13-17)22-15-21-11-12-24(33-27(30,31)32)26(29)25(21)23(28)16-22/h11-12,15-20H,2-10,13-14H2,1H3/t17-,18?,19-,20?/m1/s1. The molecule has 182 valence electrons. The molecule has 6 heteroatoms. The lowest BCUT2D eigenvalue weighted by Crippen LogP contribution is -2.30. The first-order valence-corrected chi connectivity index (χ1v) is 12.4. The number of hydrogen-bond acceptors (Lipinski definition) is 1. The summed E-state index contributed by atoms with van der Waals surface area (Å²) in [5, 5.41) is -0.173. The Kier molecular flexibility index (Phi) is 7.49. The lowest BCUT2D eigenvalue weighted by Gasteiger charge is -2.42. The monoisotopic (exact) mass is 468 g/mol. The van der Waals surface area contributed by atoms with Crippen LogP contribution in [0.3, 0.4) is 0 Å². The molecule has 33 heavy (non-hydrogen) atoms. The summed E-state index contributed by atoms with van der Waals surface area (Å²) >= 11 is 0. The van der Waals surface area contributed by atoms with Crippen LogP contribution in [0, 0.1) is 29.4 Å². The second-order valence-electron chi connectivity index (χ2n) is 10.1. The summed E-state index contributed by atoms with van der Waals surface area (Å²) in [5.41, 5.74) is 0.823. The molecule has 0 aliphatic heterocycles. The number of fused-ring (bicyclic) bond motifs is 2. The van der Waals surface area contributed by atoms with Crippen LogP contribution in [0.4, 0.5) is 22.0 Å². The van der Waals surface area contributed by atoms with Gasteiger partial charge in [-0.1, -0.05) is 57.6 Å². The summed E-state index contributed by atoms with van der Waals surface area (Å²) in [7, 11) is 0. The van der Waals surface area contributed by atoms with Gasteiger partial charge in [0.1, 0.15) is 5.82 Å². The van der Waals surface area contributed by atoms with Crippen LogP contribution in [0.15, 0.2) is 24.3 Å². The Hall–Kier alpha value is -1.85. The van der Waals surface area contributed by atoms with Crippen LogP contribution < -0.4 is 4.74 Å². The minimum absolute atomic E-state index is 0.209. The van der Waals surface area contributed by atoms with E-state index in [-0.39, 0.29) is 11.3 Å². The third-order valence-corrected chi connectivity index (χ3v) is 7.88. The van der Waals surface area contributed by atoms with Crippen molar-refractivity contribution >= 4 is 10.8 Å². The second-order valence-corrected chi connectivity index (χ2v) is 10.1. The van der Waals surface area contributed by atoms with Crippen molar-refractivity contribution in [3.63, 3.8) is 0 Å². The van der Waals surface area contributed by atoms with Crippen molar-refractivity contribution in [2.24, 2.45) is 17.8 Å². The molecule has 2 aliphatic carbocycles. The van der Waals surface area contributed by atoms with E-state index in [4.69, 9.17) is 0 Å². The first kappa shape index (κ1) is 24.3. The minimum atomic E-state index is -5.03. The molecule has 0 N–H and O–H groups in total. The minimum Gasteiger partial charge on any atom is -0.403 e. The third-order valence-electron chi connectivity index (χ3n) is 7.88. The van der Waals surface area contributed by atoms with Gasteiger partial charge in [-0.3, -0.25) is 0 Å². The van der Waals surface area contributed by atoms with E-state index in [9.17, 15) is 22.0 Å². The van der Waals surface area contributed by atoms with Crippen molar-refractivity contribution < 1.29 is 26.7 Å². The fourth-order valence-electron chi connectivity index (χ4n) is 6.22. The summed E-state index contributed by atoms with van der Waals surface area (Å²) < 4.78 is 70.6. The van der Waals surface area contributed by atoms with Crippen LogP contribution in [0.25, 0.3) is 10.8 Å². The number of ether oxygens (including phenoxy) is 1. The molecule has 0 spiro atoms. The summed E-state index contributed by atoms with van der Waals surface area (Å²) in [6, 6.07) is 5.28. The normalized spacial score (nSPS) is 25.8. The zero-order valence-corrected chi connectivity index (χ0v) is 19.2. The highest BCUT2D eigenvalue weighted by Crippen LogP contribution is 2.49. The lowest BCUT2D eigenvalue weighted by atomic mass is 9.63. The first-order valence-electron chi connectivity index (χ1n) is 12.4. The average Bonchev–Trinajstić information content (AvgIpc) is 2.77. The van der Waals surface area contributed by atoms with E-state index >= 15 is 0 Å². The van der Waals surface area contributed by atoms with Crippen molar-refractivity contribution in [2.75, 3.05) is 0 Å². The molecule has 2 aliphatic rings. The van der Waals surface area contributed by atoms with Gasteiger partial charge < -0.3 is 4.74 Å². The Morgan fingerprint density at radius 2 is 1.67 bits per heavy atom. The number of hydrogen-bond donors (Lipinski definition) is 0. The molecule has 0 heterocycles. The molecule has 0 saturated heterocycles. The Morgan fingerprint density at radius 1 is 0.909 bits per heavy atom. The van der Waals surface area contributed by atoms with Crippen molar-refractivity contribution in [1.82, 2.24) is 0 Å². The van der Waals surface area contributed by atoms with Crippen LogP contribution in [0.2, 0.25) is 0 Å². The number of halogens is 5. The van der Waals surface area contributed by atoms with Crippen molar-refractivity contribution in [3.8, 4) is 5.75 Å². The van der Waals surface area contributed by atoms with Gasteiger partial charge in [-0.05, 0) is 78.9 Å². The van der Waals surface area contributed by atoms with Gasteiger partial charge in [-0.2, -0.15) is 0 Å². The number of unbranched alkanes of at least 4 members (excludes halogenated alkanes) is 3. The Labute approximate surface area is 192 Å². The van der Waals surface area contributed by atoms with Crippen LogP contribution in [0.5, 0.6) is 5.75 Å². The van der Waals surface area contributed by atoms with Crippen LogP contribution in [0.1, 0.15) is 89.0 Å². The van der Waals surface area contributed by atoms with Crippen molar-refractivity contribution in [2.45, 2.75) is 89.8 Å². The largest absolute Gasteiger partial charge is 0.573 e. The number of rotatable bonds is 7. The maximum absolute atomic E-state index is 14.9. The maximum Gasteiger partial charge on any atom is 0.573 e. The van der Waals surface area contributed by atoms with E-state index in [0.29, 0.717) is 5.92 Å². The van der Waals surface area contributed by atoms with Gasteiger partial charge in [-0.15, -0.1) is 13.2 Å². The smallest absolute Gasteiger partial charge is 0.403 e.